The monoisotopic (exact) mass is 476 g/mol. The molecular formula is C12H21Cl8P. The van der Waals surface area contributed by atoms with Gasteiger partial charge < -0.3 is 0 Å². The van der Waals surface area contributed by atoms with Crippen molar-refractivity contribution in [3.63, 3.8) is 0 Å². The number of alkyl halides is 8. The Morgan fingerprint density at radius 1 is 0.476 bits per heavy atom. The summed E-state index contributed by atoms with van der Waals surface area (Å²) in [5.74, 6) is 1.52. The summed E-state index contributed by atoms with van der Waals surface area (Å²) in [5.41, 5.74) is 0. The van der Waals surface area contributed by atoms with E-state index in [1.165, 1.54) is 0 Å². The van der Waals surface area contributed by atoms with Gasteiger partial charge in [-0.25, -0.2) is 0 Å². The van der Waals surface area contributed by atoms with Gasteiger partial charge in [0.15, 0.2) is 0 Å². The Labute approximate surface area is 168 Å². The molecule has 0 aromatic carbocycles. The van der Waals surface area contributed by atoms with E-state index >= 15 is 0 Å². The molecule has 0 amide bonds. The SMILES string of the molecule is ClCC(Cl)C[PH](CC(Cl)CCl)(CC(Cl)CCl)CC(Cl)CCl. The summed E-state index contributed by atoms with van der Waals surface area (Å²) < 4.78 is 0. The molecule has 130 valence electrons. The van der Waals surface area contributed by atoms with Gasteiger partial charge in [0.25, 0.3) is 0 Å². The predicted octanol–water partition coefficient (Wildman–Crippen LogP) is 6.12. The van der Waals surface area contributed by atoms with Crippen LogP contribution in [-0.2, 0) is 0 Å². The third-order valence-electron chi connectivity index (χ3n) is 3.29. The van der Waals surface area contributed by atoms with Crippen molar-refractivity contribution in [3.05, 3.63) is 0 Å². The molecule has 0 saturated carbocycles. The molecule has 9 heteroatoms. The Bertz CT molecular complexity index is 214. The van der Waals surface area contributed by atoms with Gasteiger partial charge in [0, 0.05) is 0 Å². The van der Waals surface area contributed by atoms with Crippen LogP contribution >= 0.6 is 100 Å². The average molecular weight is 480 g/mol. The van der Waals surface area contributed by atoms with E-state index in [9.17, 15) is 0 Å². The van der Waals surface area contributed by atoms with Crippen molar-refractivity contribution < 1.29 is 0 Å². The van der Waals surface area contributed by atoms with E-state index in [2.05, 4.69) is 0 Å². The van der Waals surface area contributed by atoms with Gasteiger partial charge in [-0.05, 0) is 0 Å². The van der Waals surface area contributed by atoms with Crippen molar-refractivity contribution in [1.82, 2.24) is 0 Å². The molecule has 0 fully saturated rings. The molecule has 4 unspecified atom stereocenters. The van der Waals surface area contributed by atoms with Gasteiger partial charge in [-0.3, -0.25) is 0 Å². The van der Waals surface area contributed by atoms with E-state index in [-0.39, 0.29) is 21.5 Å². The normalized spacial score (nSPS) is 19.0. The molecule has 0 radical (unpaired) electrons. The molecule has 0 aliphatic heterocycles. The first-order valence-corrected chi connectivity index (χ1v) is 13.3. The van der Waals surface area contributed by atoms with E-state index in [0.29, 0.717) is 23.5 Å². The van der Waals surface area contributed by atoms with Crippen molar-refractivity contribution in [1.29, 1.82) is 0 Å². The van der Waals surface area contributed by atoms with Crippen LogP contribution < -0.4 is 0 Å². The second kappa shape index (κ2) is 13.0. The summed E-state index contributed by atoms with van der Waals surface area (Å²) in [6.07, 6.45) is 3.16. The van der Waals surface area contributed by atoms with Crippen molar-refractivity contribution in [2.24, 2.45) is 0 Å². The Kier molecular flexibility index (Phi) is 14.7. The Morgan fingerprint density at radius 3 is 0.810 bits per heavy atom. The van der Waals surface area contributed by atoms with Crippen LogP contribution in [0, 0.1) is 0 Å². The number of hydrogen-bond acceptors (Lipinski definition) is 0. The van der Waals surface area contributed by atoms with Crippen LogP contribution in [0.25, 0.3) is 0 Å². The molecule has 21 heavy (non-hydrogen) atoms. The summed E-state index contributed by atoms with van der Waals surface area (Å²) in [7, 11) is -2.00. The third kappa shape index (κ3) is 10.4. The van der Waals surface area contributed by atoms with Crippen LogP contribution in [0.4, 0.5) is 0 Å². The molecule has 0 aliphatic rings. The number of rotatable bonds is 12. The molecule has 0 aromatic heterocycles. The topological polar surface area (TPSA) is 0 Å². The Hall–Kier alpha value is 2.75. The molecule has 4 atom stereocenters. The maximum absolute atomic E-state index is 6.30. The molecule has 0 heterocycles. The van der Waals surface area contributed by atoms with E-state index in [4.69, 9.17) is 92.8 Å². The van der Waals surface area contributed by atoms with E-state index in [1.54, 1.807) is 0 Å². The zero-order valence-corrected chi connectivity index (χ0v) is 18.5. The van der Waals surface area contributed by atoms with Gasteiger partial charge in [-0.1, -0.05) is 0 Å². The number of halogens is 8. The summed E-state index contributed by atoms with van der Waals surface area (Å²) in [5, 5.41) is -0.515. The van der Waals surface area contributed by atoms with Crippen LogP contribution in [0.15, 0.2) is 0 Å². The zero-order valence-electron chi connectivity index (χ0n) is 11.5. The fraction of sp³-hybridized carbons (Fsp3) is 1.00. The Balaban J connectivity index is 5.23. The van der Waals surface area contributed by atoms with Crippen LogP contribution in [0.3, 0.4) is 0 Å². The summed E-state index contributed by atoms with van der Waals surface area (Å²) in [4.78, 5) is 0. The summed E-state index contributed by atoms with van der Waals surface area (Å²) in [6, 6.07) is 0. The maximum atomic E-state index is 6.30. The van der Waals surface area contributed by atoms with Crippen LogP contribution in [-0.4, -0.2) is 69.7 Å². The molecule has 0 nitrogen and oxygen atoms in total. The fourth-order valence-corrected chi connectivity index (χ4v) is 13.0. The average Bonchev–Trinajstić information content (AvgIpc) is 2.46. The van der Waals surface area contributed by atoms with Gasteiger partial charge in [-0.2, -0.15) is 0 Å². The summed E-state index contributed by atoms with van der Waals surface area (Å²) in [6.45, 7) is 0. The molecule has 0 aliphatic carbocycles. The van der Waals surface area contributed by atoms with Crippen molar-refractivity contribution in [2.45, 2.75) is 21.5 Å². The second-order valence-corrected chi connectivity index (χ2v) is 13.7. The standard InChI is InChI=1S/C12H21Cl8P/c13-1-9(17)5-21(6-10(18)2-14,7-11(19)3-15)8-12(20)4-16/h9-12,21H,1-8H2. The fourth-order valence-electron chi connectivity index (χ4n) is 2.60. The van der Waals surface area contributed by atoms with Gasteiger partial charge in [0.2, 0.25) is 0 Å². The zero-order chi connectivity index (χ0) is 16.5. The summed E-state index contributed by atoms with van der Waals surface area (Å²) >= 11 is 48.7. The molecular weight excluding hydrogens is 459 g/mol. The molecule has 0 rings (SSSR count). The molecule has 0 aromatic rings. The minimum atomic E-state index is -2.00. The predicted molar refractivity (Wildman–Crippen MR) is 109 cm³/mol. The molecule has 0 spiro atoms. The van der Waals surface area contributed by atoms with Crippen LogP contribution in [0.2, 0.25) is 0 Å². The van der Waals surface area contributed by atoms with Crippen LogP contribution in [0.1, 0.15) is 0 Å². The second-order valence-electron chi connectivity index (χ2n) is 5.32. The van der Waals surface area contributed by atoms with E-state index in [0.717, 1.165) is 24.6 Å². The minimum absolute atomic E-state index is 0.129. The molecule has 0 N–H and O–H groups in total. The van der Waals surface area contributed by atoms with Gasteiger partial charge >= 0.3 is 170 Å². The van der Waals surface area contributed by atoms with E-state index in [1.807, 2.05) is 0 Å². The van der Waals surface area contributed by atoms with E-state index < -0.39 is 7.26 Å². The van der Waals surface area contributed by atoms with Gasteiger partial charge in [0.1, 0.15) is 0 Å². The first kappa shape index (κ1) is 23.8. The van der Waals surface area contributed by atoms with Crippen LogP contribution in [0.5, 0.6) is 0 Å². The van der Waals surface area contributed by atoms with Gasteiger partial charge in [-0.15, -0.1) is 0 Å². The van der Waals surface area contributed by atoms with Crippen molar-refractivity contribution in [2.75, 3.05) is 48.2 Å². The number of hydrogen-bond donors (Lipinski definition) is 0. The Morgan fingerprint density at radius 2 is 0.667 bits per heavy atom. The molecule has 0 bridgehead atoms. The quantitative estimate of drug-likeness (QED) is 0.234. The first-order valence-electron chi connectivity index (χ1n) is 6.62. The van der Waals surface area contributed by atoms with Crippen molar-refractivity contribution >= 4 is 100 Å². The molecule has 0 saturated heterocycles. The van der Waals surface area contributed by atoms with Gasteiger partial charge in [0.05, 0.1) is 0 Å². The van der Waals surface area contributed by atoms with Crippen molar-refractivity contribution in [3.8, 4) is 0 Å². The third-order valence-corrected chi connectivity index (χ3v) is 13.1. The first-order chi connectivity index (χ1) is 9.82.